The normalized spacial score (nSPS) is 10.4. The number of rotatable bonds is 2. The van der Waals surface area contributed by atoms with Crippen molar-refractivity contribution in [3.05, 3.63) is 70.2 Å². The number of hydrogen-bond acceptors (Lipinski definition) is 3. The predicted molar refractivity (Wildman–Crippen MR) is 78.5 cm³/mol. The van der Waals surface area contributed by atoms with Gasteiger partial charge in [0.15, 0.2) is 0 Å². The number of H-pyrrole nitrogens is 1. The Kier molecular flexibility index (Phi) is 3.31. The van der Waals surface area contributed by atoms with Gasteiger partial charge in [0.25, 0.3) is 5.56 Å². The van der Waals surface area contributed by atoms with Crippen LogP contribution >= 0.6 is 11.6 Å². The van der Waals surface area contributed by atoms with Crippen molar-refractivity contribution in [1.82, 2.24) is 15.0 Å². The van der Waals surface area contributed by atoms with Crippen LogP contribution in [0.4, 0.5) is 0 Å². The highest BCUT2D eigenvalue weighted by molar-refractivity contribution is 6.30. The summed E-state index contributed by atoms with van der Waals surface area (Å²) in [6, 6.07) is 12.6. The first-order valence-electron chi connectivity index (χ1n) is 6.00. The Balaban J connectivity index is 2.15. The summed E-state index contributed by atoms with van der Waals surface area (Å²) in [6.45, 7) is 0. The molecule has 3 aromatic rings. The van der Waals surface area contributed by atoms with E-state index in [4.69, 9.17) is 11.6 Å². The number of hydrogen-bond donors (Lipinski definition) is 1. The van der Waals surface area contributed by atoms with E-state index < -0.39 is 0 Å². The highest BCUT2D eigenvalue weighted by Crippen LogP contribution is 2.20. The van der Waals surface area contributed by atoms with E-state index in [0.717, 1.165) is 5.56 Å². The largest absolute Gasteiger partial charge is 0.306 e. The van der Waals surface area contributed by atoms with Crippen LogP contribution in [0.2, 0.25) is 5.02 Å². The standard InChI is InChI=1S/C15H10ClN3O/c16-12-6-11(8-17-9-12)13-7-14(20)19-15(18-13)10-4-2-1-3-5-10/h1-9H,(H,18,19,20). The molecule has 1 aromatic carbocycles. The minimum atomic E-state index is -0.214. The van der Waals surface area contributed by atoms with Crippen molar-refractivity contribution >= 4 is 11.6 Å². The number of nitrogens with zero attached hydrogens (tertiary/aromatic N) is 2. The predicted octanol–water partition coefficient (Wildman–Crippen LogP) is 3.15. The van der Waals surface area contributed by atoms with E-state index in [9.17, 15) is 4.79 Å². The first-order valence-corrected chi connectivity index (χ1v) is 6.38. The number of pyridine rings is 1. The number of aromatic amines is 1. The molecule has 20 heavy (non-hydrogen) atoms. The van der Waals surface area contributed by atoms with Crippen molar-refractivity contribution in [2.45, 2.75) is 0 Å². The average Bonchev–Trinajstić information content (AvgIpc) is 2.47. The minimum Gasteiger partial charge on any atom is -0.306 e. The molecule has 0 saturated carbocycles. The Morgan fingerprint density at radius 1 is 1.00 bits per heavy atom. The van der Waals surface area contributed by atoms with Crippen LogP contribution in [0.15, 0.2) is 59.7 Å². The molecule has 0 bridgehead atoms. The highest BCUT2D eigenvalue weighted by Gasteiger charge is 2.06. The van der Waals surface area contributed by atoms with Gasteiger partial charge >= 0.3 is 0 Å². The van der Waals surface area contributed by atoms with Gasteiger partial charge in [0, 0.05) is 29.6 Å². The van der Waals surface area contributed by atoms with E-state index >= 15 is 0 Å². The van der Waals surface area contributed by atoms with Crippen molar-refractivity contribution < 1.29 is 0 Å². The first kappa shape index (κ1) is 12.6. The third kappa shape index (κ3) is 2.60. The van der Waals surface area contributed by atoms with Gasteiger partial charge in [0.05, 0.1) is 10.7 Å². The van der Waals surface area contributed by atoms with Crippen LogP contribution in [-0.2, 0) is 0 Å². The molecule has 0 fully saturated rings. The molecule has 2 heterocycles. The second-order valence-electron chi connectivity index (χ2n) is 4.24. The third-order valence-electron chi connectivity index (χ3n) is 2.79. The summed E-state index contributed by atoms with van der Waals surface area (Å²) in [5, 5.41) is 0.505. The lowest BCUT2D eigenvalue weighted by atomic mass is 10.2. The Hall–Kier alpha value is -2.46. The van der Waals surface area contributed by atoms with Crippen LogP contribution in [-0.4, -0.2) is 15.0 Å². The lowest BCUT2D eigenvalue weighted by Gasteiger charge is -2.04. The smallest absolute Gasteiger partial charge is 0.251 e. The monoisotopic (exact) mass is 283 g/mol. The van der Waals surface area contributed by atoms with Gasteiger partial charge in [-0.25, -0.2) is 4.98 Å². The van der Waals surface area contributed by atoms with E-state index in [1.165, 1.54) is 12.3 Å². The van der Waals surface area contributed by atoms with Crippen molar-refractivity contribution in [2.24, 2.45) is 0 Å². The van der Waals surface area contributed by atoms with Crippen molar-refractivity contribution in [3.8, 4) is 22.6 Å². The van der Waals surface area contributed by atoms with Gasteiger partial charge in [-0.1, -0.05) is 41.9 Å². The average molecular weight is 284 g/mol. The van der Waals surface area contributed by atoms with Crippen LogP contribution in [0.3, 0.4) is 0 Å². The summed E-state index contributed by atoms with van der Waals surface area (Å²) in [5.74, 6) is 0.521. The molecule has 1 N–H and O–H groups in total. The van der Waals surface area contributed by atoms with E-state index in [2.05, 4.69) is 15.0 Å². The molecular formula is C15H10ClN3O. The molecule has 0 amide bonds. The Morgan fingerprint density at radius 2 is 1.80 bits per heavy atom. The summed E-state index contributed by atoms with van der Waals surface area (Å²) >= 11 is 5.92. The minimum absolute atomic E-state index is 0.214. The van der Waals surface area contributed by atoms with Gasteiger partial charge in [0.1, 0.15) is 5.82 Å². The Labute approximate surface area is 120 Å². The molecule has 0 aliphatic heterocycles. The van der Waals surface area contributed by atoms with E-state index in [0.29, 0.717) is 22.1 Å². The maximum atomic E-state index is 11.8. The number of halogens is 1. The fourth-order valence-electron chi connectivity index (χ4n) is 1.89. The zero-order valence-electron chi connectivity index (χ0n) is 10.4. The fourth-order valence-corrected chi connectivity index (χ4v) is 2.06. The molecular weight excluding hydrogens is 274 g/mol. The van der Waals surface area contributed by atoms with Gasteiger partial charge in [-0.15, -0.1) is 0 Å². The highest BCUT2D eigenvalue weighted by atomic mass is 35.5. The van der Waals surface area contributed by atoms with Gasteiger partial charge in [0.2, 0.25) is 0 Å². The van der Waals surface area contributed by atoms with Gasteiger partial charge in [-0.2, -0.15) is 0 Å². The summed E-state index contributed by atoms with van der Waals surface area (Å²) in [7, 11) is 0. The van der Waals surface area contributed by atoms with Crippen LogP contribution in [0.1, 0.15) is 0 Å². The quantitative estimate of drug-likeness (QED) is 0.786. The third-order valence-corrected chi connectivity index (χ3v) is 3.00. The lowest BCUT2D eigenvalue weighted by Crippen LogP contribution is -2.08. The molecule has 0 unspecified atom stereocenters. The van der Waals surface area contributed by atoms with Crippen molar-refractivity contribution in [1.29, 1.82) is 0 Å². The van der Waals surface area contributed by atoms with Gasteiger partial charge in [-0.3, -0.25) is 9.78 Å². The molecule has 0 spiro atoms. The molecule has 98 valence electrons. The maximum Gasteiger partial charge on any atom is 0.251 e. The van der Waals surface area contributed by atoms with E-state index in [-0.39, 0.29) is 5.56 Å². The summed E-state index contributed by atoms with van der Waals surface area (Å²) in [5.41, 5.74) is 1.89. The van der Waals surface area contributed by atoms with Crippen LogP contribution in [0.25, 0.3) is 22.6 Å². The zero-order chi connectivity index (χ0) is 13.9. The molecule has 5 heteroatoms. The van der Waals surface area contributed by atoms with E-state index in [1.54, 1.807) is 12.3 Å². The van der Waals surface area contributed by atoms with Gasteiger partial charge in [-0.05, 0) is 6.07 Å². The molecule has 0 atom stereocenters. The second kappa shape index (κ2) is 5.27. The zero-order valence-corrected chi connectivity index (χ0v) is 11.1. The van der Waals surface area contributed by atoms with Crippen molar-refractivity contribution in [3.63, 3.8) is 0 Å². The fraction of sp³-hybridized carbons (Fsp3) is 0. The number of nitrogens with one attached hydrogen (secondary N) is 1. The van der Waals surface area contributed by atoms with E-state index in [1.807, 2.05) is 30.3 Å². The molecule has 0 radical (unpaired) electrons. The summed E-state index contributed by atoms with van der Waals surface area (Å²) < 4.78 is 0. The molecule has 0 saturated heterocycles. The Morgan fingerprint density at radius 3 is 2.55 bits per heavy atom. The van der Waals surface area contributed by atoms with Crippen LogP contribution < -0.4 is 5.56 Å². The molecule has 0 aliphatic rings. The Bertz CT molecular complexity index is 799. The second-order valence-corrected chi connectivity index (χ2v) is 4.67. The molecule has 4 nitrogen and oxygen atoms in total. The van der Waals surface area contributed by atoms with Gasteiger partial charge < -0.3 is 4.98 Å². The topological polar surface area (TPSA) is 58.6 Å². The van der Waals surface area contributed by atoms with Crippen molar-refractivity contribution in [2.75, 3.05) is 0 Å². The molecule has 2 aromatic heterocycles. The number of benzene rings is 1. The molecule has 0 aliphatic carbocycles. The number of aromatic nitrogens is 3. The summed E-state index contributed by atoms with van der Waals surface area (Å²) in [4.78, 5) is 23.0. The maximum absolute atomic E-state index is 11.8. The summed E-state index contributed by atoms with van der Waals surface area (Å²) in [6.07, 6.45) is 3.17. The van der Waals surface area contributed by atoms with Crippen LogP contribution in [0.5, 0.6) is 0 Å². The first-order chi connectivity index (χ1) is 9.72. The van der Waals surface area contributed by atoms with Crippen LogP contribution in [0, 0.1) is 0 Å². The SMILES string of the molecule is O=c1cc(-c2cncc(Cl)c2)nc(-c2ccccc2)[nH]1. The lowest BCUT2D eigenvalue weighted by molar-refractivity contribution is 1.13. The molecule has 3 rings (SSSR count).